The van der Waals surface area contributed by atoms with Crippen molar-refractivity contribution in [3.63, 3.8) is 0 Å². The minimum Gasteiger partial charge on any atom is -0.482 e. The number of rotatable bonds is 8. The lowest BCUT2D eigenvalue weighted by Gasteiger charge is -2.15. The van der Waals surface area contributed by atoms with E-state index in [0.29, 0.717) is 22.6 Å². The van der Waals surface area contributed by atoms with Gasteiger partial charge in [0.05, 0.1) is 22.9 Å². The first-order valence-corrected chi connectivity index (χ1v) is 10.0. The minimum absolute atomic E-state index is 0.160. The first-order chi connectivity index (χ1) is 15.0. The lowest BCUT2D eigenvalue weighted by atomic mass is 10.1. The first-order valence-electron chi connectivity index (χ1n) is 10.0. The summed E-state index contributed by atoms with van der Waals surface area (Å²) in [6.07, 6.45) is 4.12. The molecule has 0 bridgehead atoms. The summed E-state index contributed by atoms with van der Waals surface area (Å²) in [7, 11) is 0. The van der Waals surface area contributed by atoms with Gasteiger partial charge >= 0.3 is 5.97 Å². The Balaban J connectivity index is 1.46. The predicted molar refractivity (Wildman–Crippen MR) is 112 cm³/mol. The van der Waals surface area contributed by atoms with Crippen molar-refractivity contribution in [2.45, 2.75) is 31.7 Å². The van der Waals surface area contributed by atoms with Crippen LogP contribution in [0.2, 0.25) is 0 Å². The van der Waals surface area contributed by atoms with Gasteiger partial charge in [-0.2, -0.15) is 5.26 Å². The van der Waals surface area contributed by atoms with Crippen molar-refractivity contribution in [1.29, 1.82) is 5.26 Å². The number of para-hydroxylation sites is 1. The number of ether oxygens (including phenoxy) is 2. The van der Waals surface area contributed by atoms with E-state index in [1.54, 1.807) is 48.5 Å². The summed E-state index contributed by atoms with van der Waals surface area (Å²) in [5.74, 6) is -1.11. The van der Waals surface area contributed by atoms with Gasteiger partial charge in [-0.25, -0.2) is 4.79 Å². The third-order valence-electron chi connectivity index (χ3n) is 4.84. The lowest BCUT2D eigenvalue weighted by Crippen LogP contribution is -2.33. The van der Waals surface area contributed by atoms with E-state index in [-0.39, 0.29) is 18.6 Å². The van der Waals surface area contributed by atoms with Crippen molar-refractivity contribution in [2.24, 2.45) is 0 Å². The van der Waals surface area contributed by atoms with Gasteiger partial charge in [-0.1, -0.05) is 25.0 Å². The van der Waals surface area contributed by atoms with Gasteiger partial charge in [0.2, 0.25) is 0 Å². The zero-order valence-corrected chi connectivity index (χ0v) is 16.9. The molecule has 160 valence electrons. The van der Waals surface area contributed by atoms with Crippen LogP contribution in [0.4, 0.5) is 5.69 Å². The Morgan fingerprint density at radius 1 is 1.00 bits per heavy atom. The molecule has 0 saturated heterocycles. The summed E-state index contributed by atoms with van der Waals surface area (Å²) in [6.45, 7) is -0.881. The van der Waals surface area contributed by atoms with Gasteiger partial charge in [-0.3, -0.25) is 9.59 Å². The van der Waals surface area contributed by atoms with Gasteiger partial charge in [0.15, 0.2) is 13.2 Å². The maximum absolute atomic E-state index is 12.5. The number of carbonyl (C=O) groups excluding carboxylic acids is 3. The molecule has 31 heavy (non-hydrogen) atoms. The molecular weight excluding hydrogens is 398 g/mol. The van der Waals surface area contributed by atoms with E-state index in [4.69, 9.17) is 14.7 Å². The van der Waals surface area contributed by atoms with Crippen molar-refractivity contribution in [3.8, 4) is 11.8 Å². The van der Waals surface area contributed by atoms with Crippen LogP contribution in [-0.2, 0) is 14.3 Å². The molecule has 0 radical (unpaired) electrons. The summed E-state index contributed by atoms with van der Waals surface area (Å²) in [6, 6.07) is 15.1. The van der Waals surface area contributed by atoms with Crippen LogP contribution in [0.3, 0.4) is 0 Å². The molecule has 0 aliphatic heterocycles. The van der Waals surface area contributed by atoms with Crippen molar-refractivity contribution in [3.05, 3.63) is 59.7 Å². The zero-order valence-electron chi connectivity index (χ0n) is 16.9. The Bertz CT molecular complexity index is 975. The topological polar surface area (TPSA) is 118 Å². The first kappa shape index (κ1) is 21.8. The molecule has 0 atom stereocenters. The largest absolute Gasteiger partial charge is 0.482 e. The fourth-order valence-corrected chi connectivity index (χ4v) is 3.27. The Kier molecular flexibility index (Phi) is 7.60. The third-order valence-corrected chi connectivity index (χ3v) is 4.84. The summed E-state index contributed by atoms with van der Waals surface area (Å²) in [5, 5.41) is 14.4. The molecule has 8 nitrogen and oxygen atoms in total. The number of anilines is 1. The SMILES string of the molecule is N#Cc1ccc(OCC(=O)OCC(=O)Nc2ccccc2C(=O)NC2CCCC2)cc1. The average molecular weight is 421 g/mol. The van der Waals surface area contributed by atoms with Crippen molar-refractivity contribution in [1.82, 2.24) is 5.32 Å². The Morgan fingerprint density at radius 2 is 1.71 bits per heavy atom. The molecule has 1 aliphatic carbocycles. The maximum Gasteiger partial charge on any atom is 0.344 e. The molecule has 1 fully saturated rings. The number of amides is 2. The third kappa shape index (κ3) is 6.57. The monoisotopic (exact) mass is 421 g/mol. The smallest absolute Gasteiger partial charge is 0.344 e. The molecule has 1 aliphatic rings. The second-order valence-electron chi connectivity index (χ2n) is 7.13. The fraction of sp³-hybridized carbons (Fsp3) is 0.304. The van der Waals surface area contributed by atoms with E-state index >= 15 is 0 Å². The second-order valence-corrected chi connectivity index (χ2v) is 7.13. The molecule has 3 rings (SSSR count). The van der Waals surface area contributed by atoms with Gasteiger partial charge in [0.1, 0.15) is 5.75 Å². The Hall–Kier alpha value is -3.86. The number of nitrogens with zero attached hydrogens (tertiary/aromatic N) is 1. The van der Waals surface area contributed by atoms with E-state index in [1.807, 2.05) is 6.07 Å². The number of hydrogen-bond acceptors (Lipinski definition) is 6. The zero-order chi connectivity index (χ0) is 22.1. The molecule has 2 aromatic rings. The maximum atomic E-state index is 12.5. The predicted octanol–water partition coefficient (Wildman–Crippen LogP) is 2.79. The van der Waals surface area contributed by atoms with Crippen LogP contribution in [0.25, 0.3) is 0 Å². The van der Waals surface area contributed by atoms with Crippen LogP contribution in [0.1, 0.15) is 41.6 Å². The number of carbonyl (C=O) groups is 3. The van der Waals surface area contributed by atoms with Crippen molar-refractivity contribution in [2.75, 3.05) is 18.5 Å². The van der Waals surface area contributed by atoms with Crippen LogP contribution in [0.5, 0.6) is 5.75 Å². The van der Waals surface area contributed by atoms with Gasteiger partial charge in [-0.05, 0) is 49.2 Å². The second kappa shape index (κ2) is 10.8. The molecule has 0 heterocycles. The van der Waals surface area contributed by atoms with E-state index < -0.39 is 18.5 Å². The molecule has 0 spiro atoms. The van der Waals surface area contributed by atoms with Crippen LogP contribution < -0.4 is 15.4 Å². The van der Waals surface area contributed by atoms with Gasteiger partial charge in [0.25, 0.3) is 11.8 Å². The highest BCUT2D eigenvalue weighted by Gasteiger charge is 2.20. The lowest BCUT2D eigenvalue weighted by molar-refractivity contribution is -0.149. The average Bonchev–Trinajstić information content (AvgIpc) is 3.30. The standard InChI is InChI=1S/C23H23N3O5/c24-13-16-9-11-18(12-10-16)30-15-22(28)31-14-21(27)26-20-8-4-3-7-19(20)23(29)25-17-5-1-2-6-17/h3-4,7-12,17H,1-2,5-6,14-15H2,(H,25,29)(H,26,27). The van der Waals surface area contributed by atoms with E-state index in [1.165, 1.54) is 0 Å². The number of hydrogen-bond donors (Lipinski definition) is 2. The van der Waals surface area contributed by atoms with Crippen molar-refractivity contribution < 1.29 is 23.9 Å². The number of nitrogens with one attached hydrogen (secondary N) is 2. The van der Waals surface area contributed by atoms with Crippen LogP contribution in [0, 0.1) is 11.3 Å². The number of nitriles is 1. The number of benzene rings is 2. The van der Waals surface area contributed by atoms with E-state index in [2.05, 4.69) is 10.6 Å². The Labute approximate surface area is 180 Å². The molecule has 0 unspecified atom stereocenters. The molecule has 8 heteroatoms. The van der Waals surface area contributed by atoms with E-state index in [0.717, 1.165) is 25.7 Å². The minimum atomic E-state index is -0.716. The number of esters is 1. The quantitative estimate of drug-likeness (QED) is 0.633. The molecule has 2 amide bonds. The Morgan fingerprint density at radius 3 is 2.42 bits per heavy atom. The molecule has 2 N–H and O–H groups in total. The molecular formula is C23H23N3O5. The van der Waals surface area contributed by atoms with Gasteiger partial charge in [-0.15, -0.1) is 0 Å². The molecule has 2 aromatic carbocycles. The van der Waals surface area contributed by atoms with Gasteiger partial charge in [0, 0.05) is 6.04 Å². The van der Waals surface area contributed by atoms with E-state index in [9.17, 15) is 14.4 Å². The summed E-state index contributed by atoms with van der Waals surface area (Å²) in [5.41, 5.74) is 1.19. The van der Waals surface area contributed by atoms with Crippen LogP contribution in [-0.4, -0.2) is 37.0 Å². The fourth-order valence-electron chi connectivity index (χ4n) is 3.27. The summed E-state index contributed by atoms with van der Waals surface area (Å²) in [4.78, 5) is 36.6. The highest BCUT2D eigenvalue weighted by molar-refractivity contribution is 6.04. The van der Waals surface area contributed by atoms with Gasteiger partial charge < -0.3 is 20.1 Å². The molecule has 0 aromatic heterocycles. The summed E-state index contributed by atoms with van der Waals surface area (Å²) < 4.78 is 10.2. The normalized spacial score (nSPS) is 13.1. The highest BCUT2D eigenvalue weighted by atomic mass is 16.6. The van der Waals surface area contributed by atoms with Crippen LogP contribution in [0.15, 0.2) is 48.5 Å². The molecule has 1 saturated carbocycles. The summed E-state index contributed by atoms with van der Waals surface area (Å²) >= 11 is 0. The highest BCUT2D eigenvalue weighted by Crippen LogP contribution is 2.20. The van der Waals surface area contributed by atoms with Crippen LogP contribution >= 0.6 is 0 Å². The van der Waals surface area contributed by atoms with Crippen molar-refractivity contribution >= 4 is 23.5 Å².